The summed E-state index contributed by atoms with van der Waals surface area (Å²) in [4.78, 5) is 9.59. The van der Waals surface area contributed by atoms with Gasteiger partial charge in [0.2, 0.25) is 0 Å². The molecule has 0 aromatic carbocycles. The van der Waals surface area contributed by atoms with E-state index in [2.05, 4.69) is 25.5 Å². The molecule has 0 heterocycles. The third kappa shape index (κ3) is 24.8. The van der Waals surface area contributed by atoms with E-state index in [1.54, 1.807) is 0 Å². The Morgan fingerprint density at radius 2 is 1.10 bits per heavy atom. The van der Waals surface area contributed by atoms with Gasteiger partial charge in [-0.05, 0) is 5.92 Å². The number of methoxy groups -OCH3 is 1. The van der Waals surface area contributed by atoms with Crippen LogP contribution in [-0.4, -0.2) is 13.1 Å². The van der Waals surface area contributed by atoms with Gasteiger partial charge in [-0.2, -0.15) is 0 Å². The van der Waals surface area contributed by atoms with Gasteiger partial charge in [-0.15, -0.1) is 0 Å². The van der Waals surface area contributed by atoms with E-state index in [0.29, 0.717) is 0 Å². The van der Waals surface area contributed by atoms with Gasteiger partial charge in [-0.3, -0.25) is 4.79 Å². The first-order valence-electron chi connectivity index (χ1n) is 9.12. The van der Waals surface area contributed by atoms with Gasteiger partial charge in [-0.25, -0.2) is 0 Å². The van der Waals surface area contributed by atoms with E-state index in [1.807, 2.05) is 0 Å². The lowest BCUT2D eigenvalue weighted by molar-refractivity contribution is -0.137. The van der Waals surface area contributed by atoms with Crippen molar-refractivity contribution in [3.63, 3.8) is 0 Å². The van der Waals surface area contributed by atoms with Gasteiger partial charge in [0.05, 0.1) is 7.11 Å². The van der Waals surface area contributed by atoms with Crippen LogP contribution in [0.4, 0.5) is 0 Å². The van der Waals surface area contributed by atoms with Crippen molar-refractivity contribution in [1.82, 2.24) is 0 Å². The molecule has 0 aromatic rings. The van der Waals surface area contributed by atoms with E-state index in [0.717, 1.165) is 5.92 Å². The van der Waals surface area contributed by atoms with Gasteiger partial charge >= 0.3 is 5.97 Å². The predicted molar refractivity (Wildman–Crippen MR) is 93.6 cm³/mol. The monoisotopic (exact) mass is 300 g/mol. The van der Waals surface area contributed by atoms with Crippen LogP contribution in [0, 0.1) is 5.92 Å². The topological polar surface area (TPSA) is 26.3 Å². The molecule has 0 radical (unpaired) electrons. The molecular weight excluding hydrogens is 260 g/mol. The van der Waals surface area contributed by atoms with Crippen molar-refractivity contribution in [3.05, 3.63) is 0 Å². The van der Waals surface area contributed by atoms with E-state index in [-0.39, 0.29) is 5.97 Å². The zero-order valence-corrected chi connectivity index (χ0v) is 15.4. The van der Waals surface area contributed by atoms with E-state index in [4.69, 9.17) is 0 Å². The molecule has 0 amide bonds. The van der Waals surface area contributed by atoms with Crippen molar-refractivity contribution < 1.29 is 9.53 Å². The summed E-state index contributed by atoms with van der Waals surface area (Å²) in [6.45, 7) is 7.97. The third-order valence-electron chi connectivity index (χ3n) is 3.68. The van der Waals surface area contributed by atoms with Crippen LogP contribution >= 0.6 is 0 Å². The predicted octanol–water partition coefficient (Wildman–Crippen LogP) is 6.52. The second kappa shape index (κ2) is 19.5. The number of hydrogen-bond acceptors (Lipinski definition) is 2. The molecule has 2 nitrogen and oxygen atoms in total. The standard InChI is InChI=1S/C7H14.C6H12.C3H6O2.C3H8/c1-7-5-3-2-4-6-7;1-2-4-6-5-3-1;1-3(4)5-2;1-3-2/h7H,2-6H2,1H3;1-6H2;1-2H3;3H2,1-2H3. The van der Waals surface area contributed by atoms with Gasteiger partial charge < -0.3 is 4.74 Å². The Hall–Kier alpha value is -0.530. The summed E-state index contributed by atoms with van der Waals surface area (Å²) in [6, 6.07) is 0. The van der Waals surface area contributed by atoms with E-state index >= 15 is 0 Å². The Bertz CT molecular complexity index is 180. The van der Waals surface area contributed by atoms with Gasteiger partial charge in [0, 0.05) is 6.92 Å². The van der Waals surface area contributed by atoms with Crippen molar-refractivity contribution in [3.8, 4) is 0 Å². The molecule has 2 rings (SSSR count). The Kier molecular flexibility index (Phi) is 21.1. The maximum absolute atomic E-state index is 9.59. The van der Waals surface area contributed by atoms with Crippen LogP contribution in [0.3, 0.4) is 0 Å². The lowest BCUT2D eigenvalue weighted by Crippen LogP contribution is -1.99. The SMILES string of the molecule is C1CCCCC1.CC1CCCCC1.CCC.COC(C)=O. The lowest BCUT2D eigenvalue weighted by Gasteiger charge is -2.15. The first-order valence-corrected chi connectivity index (χ1v) is 9.12. The van der Waals surface area contributed by atoms with Crippen LogP contribution < -0.4 is 0 Å². The highest BCUT2D eigenvalue weighted by molar-refractivity contribution is 5.65. The second-order valence-electron chi connectivity index (χ2n) is 6.27. The fourth-order valence-corrected chi connectivity index (χ4v) is 2.37. The van der Waals surface area contributed by atoms with Crippen molar-refractivity contribution in [2.75, 3.05) is 7.11 Å². The summed E-state index contributed by atoms with van der Waals surface area (Å²) < 4.78 is 4.11. The summed E-state index contributed by atoms with van der Waals surface area (Å²) in [6.07, 6.45) is 17.7. The molecular formula is C19H40O2. The molecule has 128 valence electrons. The molecule has 0 spiro atoms. The second-order valence-corrected chi connectivity index (χ2v) is 6.27. The summed E-state index contributed by atoms with van der Waals surface area (Å²) in [5, 5.41) is 0. The molecule has 0 aliphatic heterocycles. The maximum atomic E-state index is 9.59. The average molecular weight is 301 g/mol. The maximum Gasteiger partial charge on any atom is 0.302 e. The molecule has 2 aliphatic rings. The molecule has 0 bridgehead atoms. The van der Waals surface area contributed by atoms with Crippen LogP contribution in [-0.2, 0) is 9.53 Å². The average Bonchev–Trinajstić information content (AvgIpc) is 2.52. The normalized spacial score (nSPS) is 17.8. The minimum Gasteiger partial charge on any atom is -0.469 e. The van der Waals surface area contributed by atoms with Crippen molar-refractivity contribution in [1.29, 1.82) is 0 Å². The smallest absolute Gasteiger partial charge is 0.302 e. The molecule has 2 saturated carbocycles. The number of carbonyl (C=O) groups is 1. The van der Waals surface area contributed by atoms with Crippen LogP contribution in [0.5, 0.6) is 0 Å². The summed E-state index contributed by atoms with van der Waals surface area (Å²) in [5.41, 5.74) is 0. The minimum atomic E-state index is -0.245. The Labute approximate surface area is 134 Å². The molecule has 0 saturated heterocycles. The molecule has 2 aliphatic carbocycles. The molecule has 21 heavy (non-hydrogen) atoms. The van der Waals surface area contributed by atoms with Crippen LogP contribution in [0.1, 0.15) is 105 Å². The lowest BCUT2D eigenvalue weighted by atomic mass is 9.91. The first kappa shape index (κ1) is 22.7. The number of ether oxygens (including phenoxy) is 1. The first-order chi connectivity index (χ1) is 10.1. The number of rotatable bonds is 0. The molecule has 2 heteroatoms. The van der Waals surface area contributed by atoms with Gasteiger partial charge in [0.15, 0.2) is 0 Å². The molecule has 0 aromatic heterocycles. The zero-order valence-electron chi connectivity index (χ0n) is 15.4. The highest BCUT2D eigenvalue weighted by atomic mass is 16.5. The van der Waals surface area contributed by atoms with Crippen LogP contribution in [0.15, 0.2) is 0 Å². The summed E-state index contributed by atoms with van der Waals surface area (Å²) in [7, 11) is 1.35. The van der Waals surface area contributed by atoms with Gasteiger partial charge in [0.25, 0.3) is 0 Å². The molecule has 2 fully saturated rings. The summed E-state index contributed by atoms with van der Waals surface area (Å²) >= 11 is 0. The van der Waals surface area contributed by atoms with E-state index in [9.17, 15) is 4.79 Å². The highest BCUT2D eigenvalue weighted by Gasteiger charge is 2.05. The zero-order chi connectivity index (χ0) is 16.3. The van der Waals surface area contributed by atoms with Crippen molar-refractivity contribution in [2.45, 2.75) is 105 Å². The quantitative estimate of drug-likeness (QED) is 0.476. The van der Waals surface area contributed by atoms with Crippen LogP contribution in [0.2, 0.25) is 0 Å². The molecule has 0 atom stereocenters. The van der Waals surface area contributed by atoms with Crippen LogP contribution in [0.25, 0.3) is 0 Å². The highest BCUT2D eigenvalue weighted by Crippen LogP contribution is 2.22. The Morgan fingerprint density at radius 3 is 1.24 bits per heavy atom. The van der Waals surface area contributed by atoms with E-state index in [1.165, 1.54) is 91.1 Å². The van der Waals surface area contributed by atoms with E-state index < -0.39 is 0 Å². The number of esters is 1. The number of hydrogen-bond donors (Lipinski definition) is 0. The third-order valence-corrected chi connectivity index (χ3v) is 3.68. The fourth-order valence-electron chi connectivity index (χ4n) is 2.37. The fraction of sp³-hybridized carbons (Fsp3) is 0.947. The van der Waals surface area contributed by atoms with Gasteiger partial charge in [-0.1, -0.05) is 97.8 Å². The number of carbonyl (C=O) groups excluding carboxylic acids is 1. The Balaban J connectivity index is 0. The largest absolute Gasteiger partial charge is 0.469 e. The van der Waals surface area contributed by atoms with Crippen molar-refractivity contribution >= 4 is 5.97 Å². The molecule has 0 N–H and O–H groups in total. The molecule has 0 unspecified atom stereocenters. The minimum absolute atomic E-state index is 0.245. The Morgan fingerprint density at radius 1 is 0.857 bits per heavy atom. The summed E-state index contributed by atoms with van der Waals surface area (Å²) in [5.74, 6) is 0.791. The van der Waals surface area contributed by atoms with Gasteiger partial charge in [0.1, 0.15) is 0 Å². The van der Waals surface area contributed by atoms with Crippen molar-refractivity contribution in [2.24, 2.45) is 5.92 Å².